The van der Waals surface area contributed by atoms with Gasteiger partial charge in [-0.2, -0.15) is 13.2 Å². The molecule has 3 unspecified atom stereocenters. The Labute approximate surface area is 174 Å². The predicted molar refractivity (Wildman–Crippen MR) is 102 cm³/mol. The van der Waals surface area contributed by atoms with Crippen molar-refractivity contribution in [1.29, 1.82) is 0 Å². The number of fused-ring (bicyclic) bond motifs is 1. The van der Waals surface area contributed by atoms with Crippen LogP contribution in [0.25, 0.3) is 0 Å². The monoisotopic (exact) mass is 438 g/mol. The van der Waals surface area contributed by atoms with E-state index in [-0.39, 0.29) is 23.0 Å². The van der Waals surface area contributed by atoms with Crippen molar-refractivity contribution in [3.05, 3.63) is 59.2 Å². The molecule has 2 aromatic rings. The molecular formula is C20H18F4N4O3. The zero-order valence-electron chi connectivity index (χ0n) is 16.2. The van der Waals surface area contributed by atoms with Gasteiger partial charge in [0.25, 0.3) is 11.9 Å². The zero-order chi connectivity index (χ0) is 22.4. The van der Waals surface area contributed by atoms with Crippen LogP contribution in [0.1, 0.15) is 21.6 Å². The number of nitrogens with one attached hydrogen (secondary N) is 1. The molecule has 1 fully saturated rings. The van der Waals surface area contributed by atoms with Crippen molar-refractivity contribution in [2.75, 3.05) is 18.5 Å². The second-order valence-electron chi connectivity index (χ2n) is 7.43. The average Bonchev–Trinajstić information content (AvgIpc) is 3.09. The van der Waals surface area contributed by atoms with Gasteiger partial charge in [0, 0.05) is 17.4 Å². The molecule has 0 aliphatic carbocycles. The number of rotatable bonds is 3. The van der Waals surface area contributed by atoms with Crippen molar-refractivity contribution in [1.82, 2.24) is 4.98 Å². The molecular weight excluding hydrogens is 420 g/mol. The lowest BCUT2D eigenvalue weighted by Crippen LogP contribution is -2.48. The fourth-order valence-electron chi connectivity index (χ4n) is 3.83. The van der Waals surface area contributed by atoms with E-state index in [1.165, 1.54) is 24.4 Å². The van der Waals surface area contributed by atoms with Crippen LogP contribution in [0.15, 0.2) is 41.5 Å². The van der Waals surface area contributed by atoms with Crippen molar-refractivity contribution in [3.8, 4) is 0 Å². The molecule has 3 atom stereocenters. The molecule has 3 N–H and O–H groups in total. The number of aliphatic imine (C=N–C) groups is 1. The van der Waals surface area contributed by atoms with E-state index in [1.807, 2.05) is 6.92 Å². The molecule has 11 heteroatoms. The van der Waals surface area contributed by atoms with E-state index in [9.17, 15) is 22.4 Å². The molecule has 2 aliphatic rings. The van der Waals surface area contributed by atoms with Crippen molar-refractivity contribution < 1.29 is 31.8 Å². The number of benzene rings is 1. The molecule has 1 saturated heterocycles. The third kappa shape index (κ3) is 3.80. The number of carbonyl (C=O) groups is 1. The summed E-state index contributed by atoms with van der Waals surface area (Å²) < 4.78 is 65.2. The van der Waals surface area contributed by atoms with Crippen LogP contribution in [0.4, 0.5) is 23.2 Å². The molecule has 1 amide bonds. The van der Waals surface area contributed by atoms with Crippen LogP contribution < -0.4 is 11.1 Å². The molecule has 0 spiro atoms. The lowest BCUT2D eigenvalue weighted by molar-refractivity contribution is -0.219. The summed E-state index contributed by atoms with van der Waals surface area (Å²) in [4.78, 5) is 20.5. The summed E-state index contributed by atoms with van der Waals surface area (Å²) in [6, 6.07) is 6.43. The van der Waals surface area contributed by atoms with E-state index in [4.69, 9.17) is 15.2 Å². The third-order valence-corrected chi connectivity index (χ3v) is 5.34. The third-order valence-electron chi connectivity index (χ3n) is 5.34. The Bertz CT molecular complexity index is 1040. The molecule has 2 aliphatic heterocycles. The number of aromatic nitrogens is 1. The van der Waals surface area contributed by atoms with Crippen molar-refractivity contribution in [2.24, 2.45) is 16.6 Å². The van der Waals surface area contributed by atoms with Gasteiger partial charge in [0.15, 0.2) is 6.10 Å². The van der Waals surface area contributed by atoms with Crippen molar-refractivity contribution in [2.45, 2.75) is 24.7 Å². The van der Waals surface area contributed by atoms with E-state index >= 15 is 0 Å². The van der Waals surface area contributed by atoms with Crippen molar-refractivity contribution in [3.63, 3.8) is 0 Å². The summed E-state index contributed by atoms with van der Waals surface area (Å²) in [5.41, 5.74) is 4.85. The number of pyridine rings is 1. The van der Waals surface area contributed by atoms with Crippen LogP contribution in [-0.4, -0.2) is 42.4 Å². The van der Waals surface area contributed by atoms with Crippen LogP contribution in [0.2, 0.25) is 0 Å². The summed E-state index contributed by atoms with van der Waals surface area (Å²) in [6.45, 7) is 0.831. The number of hydrogen-bond donors (Lipinski definition) is 2. The Hall–Kier alpha value is -3.21. The van der Waals surface area contributed by atoms with Gasteiger partial charge in [-0.25, -0.2) is 9.38 Å². The second-order valence-corrected chi connectivity index (χ2v) is 7.43. The fourth-order valence-corrected chi connectivity index (χ4v) is 3.83. The molecule has 3 heterocycles. The Morgan fingerprint density at radius 3 is 2.74 bits per heavy atom. The molecule has 0 saturated carbocycles. The molecule has 7 nitrogen and oxygen atoms in total. The van der Waals surface area contributed by atoms with E-state index in [0.717, 1.165) is 11.6 Å². The number of ether oxygens (including phenoxy) is 2. The van der Waals surface area contributed by atoms with E-state index in [1.54, 1.807) is 6.07 Å². The van der Waals surface area contributed by atoms with Crippen molar-refractivity contribution >= 4 is 17.6 Å². The molecule has 0 bridgehead atoms. The first kappa shape index (κ1) is 21.0. The lowest BCUT2D eigenvalue weighted by Gasteiger charge is -2.36. The van der Waals surface area contributed by atoms with Crippen LogP contribution in [0.5, 0.6) is 0 Å². The number of nitrogens with two attached hydrogens (primary N) is 1. The Kier molecular flexibility index (Phi) is 5.08. The Morgan fingerprint density at radius 1 is 1.29 bits per heavy atom. The van der Waals surface area contributed by atoms with Gasteiger partial charge in [-0.15, -0.1) is 0 Å². The van der Waals surface area contributed by atoms with Gasteiger partial charge in [0.1, 0.15) is 17.1 Å². The molecule has 164 valence electrons. The average molecular weight is 438 g/mol. The van der Waals surface area contributed by atoms with Gasteiger partial charge in [-0.05, 0) is 36.8 Å². The van der Waals surface area contributed by atoms with Gasteiger partial charge in [-0.3, -0.25) is 9.78 Å². The number of amides is 1. The minimum absolute atomic E-state index is 0.127. The topological polar surface area (TPSA) is 98.8 Å². The van der Waals surface area contributed by atoms with Crippen LogP contribution in [0, 0.1) is 18.7 Å². The smallest absolute Gasteiger partial charge is 0.415 e. The second kappa shape index (κ2) is 7.49. The van der Waals surface area contributed by atoms with Gasteiger partial charge in [-0.1, -0.05) is 6.07 Å². The number of nitrogens with zero attached hydrogens (tertiary/aromatic N) is 2. The van der Waals surface area contributed by atoms with Crippen LogP contribution in [0.3, 0.4) is 0 Å². The first-order valence-electron chi connectivity index (χ1n) is 9.30. The number of halogens is 4. The fraction of sp³-hybridized carbons (Fsp3) is 0.350. The van der Waals surface area contributed by atoms with Gasteiger partial charge >= 0.3 is 6.18 Å². The SMILES string of the molecule is Cc1ccc(C(=O)Nc2ccc(F)c(C34COC(C(F)(F)F)C3COC(N)=N4)c2)nc1. The summed E-state index contributed by atoms with van der Waals surface area (Å²) in [5.74, 6) is -2.71. The first-order chi connectivity index (χ1) is 14.6. The summed E-state index contributed by atoms with van der Waals surface area (Å²) in [6.07, 6.45) is -5.38. The standard InChI is InChI=1S/C20H18F4N4O3/c1-10-2-5-15(26-7-10)17(29)27-11-3-4-14(21)12(6-11)19-9-31-16(20(22,23)24)13(19)8-30-18(25)28-19/h2-7,13,16H,8-9H2,1H3,(H2,25,28)(H,27,29). The maximum atomic E-state index is 14.8. The van der Waals surface area contributed by atoms with Crippen LogP contribution >= 0.6 is 0 Å². The molecule has 4 rings (SSSR count). The number of alkyl halides is 3. The van der Waals surface area contributed by atoms with Gasteiger partial charge < -0.3 is 20.5 Å². The minimum Gasteiger partial charge on any atom is -0.465 e. The Morgan fingerprint density at radius 2 is 2.06 bits per heavy atom. The zero-order valence-corrected chi connectivity index (χ0v) is 16.2. The molecule has 31 heavy (non-hydrogen) atoms. The normalized spacial score (nSPS) is 25.4. The lowest BCUT2D eigenvalue weighted by atomic mass is 9.77. The van der Waals surface area contributed by atoms with E-state index < -0.39 is 48.7 Å². The molecule has 1 aromatic heterocycles. The first-order valence-corrected chi connectivity index (χ1v) is 9.30. The van der Waals surface area contributed by atoms with Gasteiger partial charge in [0.05, 0.1) is 19.1 Å². The number of anilines is 1. The predicted octanol–water partition coefficient (Wildman–Crippen LogP) is 2.90. The number of amidine groups is 1. The maximum absolute atomic E-state index is 14.8. The minimum atomic E-state index is -4.70. The highest BCUT2D eigenvalue weighted by atomic mass is 19.4. The number of carbonyl (C=O) groups excluding carboxylic acids is 1. The quantitative estimate of drug-likeness (QED) is 0.718. The van der Waals surface area contributed by atoms with Gasteiger partial charge in [0.2, 0.25) is 0 Å². The highest BCUT2D eigenvalue weighted by Crippen LogP contribution is 2.50. The number of hydrogen-bond acceptors (Lipinski definition) is 6. The van der Waals surface area contributed by atoms with Crippen LogP contribution in [-0.2, 0) is 15.0 Å². The highest BCUT2D eigenvalue weighted by molar-refractivity contribution is 6.02. The molecule has 0 radical (unpaired) electrons. The summed E-state index contributed by atoms with van der Waals surface area (Å²) in [5, 5.41) is 2.57. The highest BCUT2D eigenvalue weighted by Gasteiger charge is 2.62. The maximum Gasteiger partial charge on any atom is 0.415 e. The summed E-state index contributed by atoms with van der Waals surface area (Å²) >= 11 is 0. The van der Waals surface area contributed by atoms with E-state index in [0.29, 0.717) is 0 Å². The molecule has 1 aromatic carbocycles. The van der Waals surface area contributed by atoms with E-state index in [2.05, 4.69) is 15.3 Å². The summed E-state index contributed by atoms with van der Waals surface area (Å²) in [7, 11) is 0. The number of aryl methyl sites for hydroxylation is 1. The Balaban J connectivity index is 1.71. The largest absolute Gasteiger partial charge is 0.465 e.